The molecule has 1 fully saturated rings. The molecule has 15 heteroatoms. The predicted octanol–water partition coefficient (Wildman–Crippen LogP) is 4.22. The first-order chi connectivity index (χ1) is 20.1. The number of hydrazine groups is 1. The lowest BCUT2D eigenvalue weighted by atomic mass is 9.78. The standard InChI is InChI=1S/C28H37F3N8O3S/c1-7-33-25(41)37-21-9-18(24-36-20(14-43-24)28(29,30)31)19(13-34-21)17-8-15(22(40)38-32)12-35-23(17)42-16-10-26(2,3)39(6)27(4,5)11-16/h8-9,12-14,16,25,33,41H,7,10-11,32H2,1-6H3,(H,34,37)(H,38,40). The smallest absolute Gasteiger partial charge is 0.434 e. The molecule has 0 aromatic carbocycles. The lowest BCUT2D eigenvalue weighted by Crippen LogP contribution is -2.60. The van der Waals surface area contributed by atoms with E-state index in [0.717, 1.165) is 16.7 Å². The van der Waals surface area contributed by atoms with Crippen LogP contribution in [0.25, 0.3) is 21.7 Å². The number of alkyl halides is 3. The number of anilines is 1. The highest BCUT2D eigenvalue weighted by Gasteiger charge is 2.44. The van der Waals surface area contributed by atoms with Gasteiger partial charge in [0, 0.05) is 58.4 Å². The molecule has 4 heterocycles. The Kier molecular flexibility index (Phi) is 9.32. The first kappa shape index (κ1) is 32.5. The Morgan fingerprint density at radius 1 is 1.16 bits per heavy atom. The summed E-state index contributed by atoms with van der Waals surface area (Å²) in [5, 5.41) is 16.7. The molecular formula is C28H37F3N8O3S. The van der Waals surface area contributed by atoms with E-state index in [1.54, 1.807) is 6.92 Å². The quantitative estimate of drug-likeness (QED) is 0.102. The fourth-order valence-electron chi connectivity index (χ4n) is 5.31. The largest absolute Gasteiger partial charge is 0.474 e. The molecule has 0 saturated carbocycles. The number of thiazole rings is 1. The van der Waals surface area contributed by atoms with Crippen molar-refractivity contribution in [1.82, 2.24) is 30.6 Å². The minimum absolute atomic E-state index is 0.0481. The number of aliphatic hydroxyl groups excluding tert-OH is 1. The van der Waals surface area contributed by atoms with Gasteiger partial charge in [0.1, 0.15) is 16.9 Å². The number of nitrogens with zero attached hydrogens (tertiary/aromatic N) is 4. The van der Waals surface area contributed by atoms with Crippen molar-refractivity contribution in [2.75, 3.05) is 18.9 Å². The molecule has 0 bridgehead atoms. The normalized spacial score (nSPS) is 17.8. The van der Waals surface area contributed by atoms with Crippen molar-refractivity contribution >= 4 is 23.1 Å². The maximum Gasteiger partial charge on any atom is 0.434 e. The summed E-state index contributed by atoms with van der Waals surface area (Å²) in [6.07, 6.45) is -1.97. The van der Waals surface area contributed by atoms with E-state index in [9.17, 15) is 23.1 Å². The van der Waals surface area contributed by atoms with E-state index in [4.69, 9.17) is 10.6 Å². The van der Waals surface area contributed by atoms with E-state index in [-0.39, 0.29) is 45.0 Å². The third-order valence-corrected chi connectivity index (χ3v) is 8.57. The highest BCUT2D eigenvalue weighted by Crippen LogP contribution is 2.43. The summed E-state index contributed by atoms with van der Waals surface area (Å²) in [7, 11) is 2.07. The van der Waals surface area contributed by atoms with E-state index >= 15 is 0 Å². The van der Waals surface area contributed by atoms with Crippen molar-refractivity contribution in [1.29, 1.82) is 0 Å². The minimum atomic E-state index is -4.65. The molecule has 234 valence electrons. The Morgan fingerprint density at radius 2 is 1.84 bits per heavy atom. The lowest BCUT2D eigenvalue weighted by Gasteiger charge is -2.53. The van der Waals surface area contributed by atoms with E-state index in [0.29, 0.717) is 30.5 Å². The van der Waals surface area contributed by atoms with Crippen LogP contribution in [0, 0.1) is 0 Å². The van der Waals surface area contributed by atoms with Crippen LogP contribution in [0.2, 0.25) is 0 Å². The van der Waals surface area contributed by atoms with Crippen LogP contribution in [-0.2, 0) is 6.18 Å². The second-order valence-corrected chi connectivity index (χ2v) is 12.5. The van der Waals surface area contributed by atoms with Gasteiger partial charge in [-0.05, 0) is 53.4 Å². The molecule has 1 aliphatic rings. The maximum absolute atomic E-state index is 13.5. The zero-order chi connectivity index (χ0) is 31.7. The van der Waals surface area contributed by atoms with Gasteiger partial charge in [0.05, 0.1) is 5.56 Å². The molecule has 11 nitrogen and oxygen atoms in total. The Hall–Kier alpha value is -3.37. The van der Waals surface area contributed by atoms with Crippen molar-refractivity contribution < 1.29 is 27.8 Å². The number of amides is 1. The van der Waals surface area contributed by atoms with E-state index in [1.165, 1.54) is 24.5 Å². The van der Waals surface area contributed by atoms with Gasteiger partial charge >= 0.3 is 6.18 Å². The number of hydrogen-bond acceptors (Lipinski definition) is 11. The molecule has 1 atom stereocenters. The van der Waals surface area contributed by atoms with Gasteiger partial charge in [-0.25, -0.2) is 20.8 Å². The summed E-state index contributed by atoms with van der Waals surface area (Å²) in [6, 6.07) is 2.99. The molecule has 1 aliphatic heterocycles. The molecule has 3 aromatic heterocycles. The summed E-state index contributed by atoms with van der Waals surface area (Å²) >= 11 is 0.802. The Bertz CT molecular complexity index is 1450. The Labute approximate surface area is 252 Å². The number of likely N-dealkylation sites (tertiary alicyclic amines) is 1. The molecule has 1 saturated heterocycles. The molecule has 0 aliphatic carbocycles. The van der Waals surface area contributed by atoms with Gasteiger partial charge in [0.25, 0.3) is 5.91 Å². The highest BCUT2D eigenvalue weighted by atomic mass is 32.1. The number of pyridine rings is 2. The second kappa shape index (κ2) is 12.3. The number of carbonyl (C=O) groups is 1. The van der Waals surface area contributed by atoms with E-state index < -0.39 is 24.1 Å². The van der Waals surface area contributed by atoms with Crippen molar-refractivity contribution in [2.24, 2.45) is 5.84 Å². The third-order valence-electron chi connectivity index (χ3n) is 7.69. The van der Waals surface area contributed by atoms with Crippen molar-refractivity contribution in [3.05, 3.63) is 41.2 Å². The molecule has 43 heavy (non-hydrogen) atoms. The topological polar surface area (TPSA) is 151 Å². The summed E-state index contributed by atoms with van der Waals surface area (Å²) in [5.41, 5.74) is 1.66. The predicted molar refractivity (Wildman–Crippen MR) is 158 cm³/mol. The minimum Gasteiger partial charge on any atom is -0.474 e. The molecule has 0 spiro atoms. The van der Waals surface area contributed by atoms with Crippen LogP contribution >= 0.6 is 11.3 Å². The molecule has 1 unspecified atom stereocenters. The van der Waals surface area contributed by atoms with E-state index in [1.807, 2.05) is 0 Å². The van der Waals surface area contributed by atoms with Crippen LogP contribution in [0.1, 0.15) is 63.5 Å². The van der Waals surface area contributed by atoms with Gasteiger partial charge in [-0.1, -0.05) is 6.92 Å². The molecule has 1 amide bonds. The lowest BCUT2D eigenvalue weighted by molar-refractivity contribution is -0.140. The first-order valence-electron chi connectivity index (χ1n) is 13.7. The highest BCUT2D eigenvalue weighted by molar-refractivity contribution is 7.13. The van der Waals surface area contributed by atoms with Crippen molar-refractivity contribution in [2.45, 2.75) is 77.2 Å². The summed E-state index contributed by atoms with van der Waals surface area (Å²) in [4.78, 5) is 27.5. The third kappa shape index (κ3) is 7.24. The van der Waals surface area contributed by atoms with E-state index in [2.05, 4.69) is 70.7 Å². The number of aliphatic hydroxyl groups is 1. The van der Waals surface area contributed by atoms with Crippen LogP contribution in [0.4, 0.5) is 19.0 Å². The van der Waals surface area contributed by atoms with Gasteiger partial charge < -0.3 is 15.2 Å². The number of carbonyl (C=O) groups excluding carboxylic acids is 1. The fourth-order valence-corrected chi connectivity index (χ4v) is 6.16. The second-order valence-electron chi connectivity index (χ2n) is 11.6. The summed E-state index contributed by atoms with van der Waals surface area (Å²) < 4.78 is 47.1. The zero-order valence-electron chi connectivity index (χ0n) is 24.8. The van der Waals surface area contributed by atoms with Gasteiger partial charge in [-0.3, -0.25) is 20.4 Å². The van der Waals surface area contributed by atoms with Gasteiger partial charge in [0.15, 0.2) is 12.0 Å². The maximum atomic E-state index is 13.5. The monoisotopic (exact) mass is 622 g/mol. The number of nitrogens with one attached hydrogen (secondary N) is 3. The zero-order valence-corrected chi connectivity index (χ0v) is 25.7. The number of halogens is 3. The van der Waals surface area contributed by atoms with Crippen molar-refractivity contribution in [3.63, 3.8) is 0 Å². The van der Waals surface area contributed by atoms with Crippen LogP contribution in [-0.4, -0.2) is 68.0 Å². The SMILES string of the molecule is CCNC(O)Nc1cc(-c2nc(C(F)(F)F)cs2)c(-c2cc(C(=O)NN)cnc2OC2CC(C)(C)N(C)C(C)(C)C2)cn1. The van der Waals surface area contributed by atoms with Crippen LogP contribution in [0.5, 0.6) is 5.88 Å². The first-order valence-corrected chi connectivity index (χ1v) is 14.6. The molecule has 4 rings (SSSR count). The number of hydrogen-bond donors (Lipinski definition) is 5. The molecule has 3 aromatic rings. The van der Waals surface area contributed by atoms with Crippen LogP contribution in [0.15, 0.2) is 29.9 Å². The fraction of sp³-hybridized carbons (Fsp3) is 0.500. The number of rotatable bonds is 9. The Morgan fingerprint density at radius 3 is 2.42 bits per heavy atom. The Balaban J connectivity index is 1.86. The van der Waals surface area contributed by atoms with Gasteiger partial charge in [0.2, 0.25) is 5.88 Å². The van der Waals surface area contributed by atoms with Crippen LogP contribution < -0.4 is 26.6 Å². The molecule has 0 radical (unpaired) electrons. The van der Waals surface area contributed by atoms with Gasteiger partial charge in [-0.15, -0.1) is 11.3 Å². The van der Waals surface area contributed by atoms with Crippen molar-refractivity contribution in [3.8, 4) is 27.6 Å². The number of ether oxygens (including phenoxy) is 1. The molecule has 6 N–H and O–H groups in total. The summed E-state index contributed by atoms with van der Waals surface area (Å²) in [6.45, 7) is 10.8. The average molecular weight is 623 g/mol. The summed E-state index contributed by atoms with van der Waals surface area (Å²) in [5.74, 6) is 5.13. The van der Waals surface area contributed by atoms with Crippen LogP contribution in [0.3, 0.4) is 0 Å². The number of nitrogen functional groups attached to an aromatic ring is 1. The van der Waals surface area contributed by atoms with Gasteiger partial charge in [-0.2, -0.15) is 13.2 Å². The average Bonchev–Trinajstić information content (AvgIpc) is 3.43. The molecular weight excluding hydrogens is 585 g/mol. The number of piperidine rings is 1. The number of aromatic nitrogens is 3. The number of nitrogens with two attached hydrogens (primary N) is 1.